The van der Waals surface area contributed by atoms with Crippen molar-refractivity contribution in [3.63, 3.8) is 0 Å². The summed E-state index contributed by atoms with van der Waals surface area (Å²) >= 11 is 8.88. The maximum atomic E-state index is 13.4. The van der Waals surface area contributed by atoms with E-state index in [1.54, 1.807) is 18.5 Å². The highest BCUT2D eigenvalue weighted by atomic mass is 79.9. The van der Waals surface area contributed by atoms with Crippen LogP contribution in [-0.2, 0) is 4.79 Å². The third-order valence-electron chi connectivity index (χ3n) is 4.38. The summed E-state index contributed by atoms with van der Waals surface area (Å²) in [6, 6.07) is 4.29. The number of rotatable bonds is 5. The Labute approximate surface area is 164 Å². The molecule has 0 saturated carbocycles. The Morgan fingerprint density at radius 3 is 2.65 bits per heavy atom. The number of anilines is 1. The first-order chi connectivity index (χ1) is 12.5. The lowest BCUT2D eigenvalue weighted by Gasteiger charge is -2.31. The van der Waals surface area contributed by atoms with E-state index in [2.05, 4.69) is 30.8 Å². The molecule has 0 unspecified atom stereocenters. The molecular weight excluding hydrogens is 425 g/mol. The van der Waals surface area contributed by atoms with E-state index in [9.17, 15) is 9.18 Å². The number of carbonyl (C=O) groups excluding carboxylic acids is 1. The van der Waals surface area contributed by atoms with E-state index in [0.717, 1.165) is 32.4 Å². The molecule has 0 aliphatic carbocycles. The van der Waals surface area contributed by atoms with Gasteiger partial charge in [-0.05, 0) is 53.2 Å². The van der Waals surface area contributed by atoms with Gasteiger partial charge in [0.15, 0.2) is 0 Å². The molecule has 0 atom stereocenters. The second kappa shape index (κ2) is 8.77. The molecule has 138 valence electrons. The smallest absolute Gasteiger partial charge is 0.311 e. The van der Waals surface area contributed by atoms with E-state index in [4.69, 9.17) is 16.3 Å². The highest BCUT2D eigenvalue weighted by Gasteiger charge is 2.22. The molecule has 1 aromatic heterocycles. The van der Waals surface area contributed by atoms with Gasteiger partial charge in [-0.25, -0.2) is 14.4 Å². The van der Waals surface area contributed by atoms with Crippen LogP contribution in [0.15, 0.2) is 35.1 Å². The summed E-state index contributed by atoms with van der Waals surface area (Å²) in [4.78, 5) is 22.6. The van der Waals surface area contributed by atoms with Gasteiger partial charge in [-0.3, -0.25) is 4.79 Å². The van der Waals surface area contributed by atoms with Crippen molar-refractivity contribution in [3.8, 4) is 5.75 Å². The van der Waals surface area contributed by atoms with Gasteiger partial charge in [-0.2, -0.15) is 0 Å². The Morgan fingerprint density at radius 2 is 2.00 bits per heavy atom. The third-order valence-corrected chi connectivity index (χ3v) is 5.22. The number of aromatic nitrogens is 2. The number of hydrogen-bond donors (Lipinski definition) is 0. The van der Waals surface area contributed by atoms with Crippen molar-refractivity contribution in [1.82, 2.24) is 9.97 Å². The van der Waals surface area contributed by atoms with E-state index < -0.39 is 5.82 Å². The SMILES string of the molecule is O=C(CCC1CCN(c2ncc(Cl)cn2)CC1)Oc1ccc(Br)c(F)c1. The van der Waals surface area contributed by atoms with Gasteiger partial charge in [0.05, 0.1) is 21.9 Å². The minimum atomic E-state index is -0.452. The van der Waals surface area contributed by atoms with Crippen LogP contribution in [0.2, 0.25) is 5.02 Å². The minimum absolute atomic E-state index is 0.227. The maximum Gasteiger partial charge on any atom is 0.311 e. The summed E-state index contributed by atoms with van der Waals surface area (Å²) in [6.45, 7) is 1.69. The van der Waals surface area contributed by atoms with Gasteiger partial charge in [-0.1, -0.05) is 11.6 Å². The maximum absolute atomic E-state index is 13.4. The van der Waals surface area contributed by atoms with E-state index in [-0.39, 0.29) is 11.7 Å². The summed E-state index contributed by atoms with van der Waals surface area (Å²) in [6.07, 6.45) is 6.19. The largest absolute Gasteiger partial charge is 0.426 e. The molecule has 2 heterocycles. The summed E-state index contributed by atoms with van der Waals surface area (Å²) in [5, 5.41) is 0.521. The first-order valence-electron chi connectivity index (χ1n) is 8.39. The van der Waals surface area contributed by atoms with Crippen LogP contribution in [0.25, 0.3) is 0 Å². The first kappa shape index (κ1) is 19.0. The normalized spacial score (nSPS) is 15.1. The standard InChI is InChI=1S/C18H18BrClFN3O2/c19-15-3-2-14(9-16(15)21)26-17(25)4-1-12-5-7-24(8-6-12)18-22-10-13(20)11-23-18/h2-3,9-12H,1,4-8H2. The summed E-state index contributed by atoms with van der Waals surface area (Å²) in [5.74, 6) is 0.574. The number of benzene rings is 1. The second-order valence-corrected chi connectivity index (χ2v) is 7.51. The average Bonchev–Trinajstić information content (AvgIpc) is 2.64. The Hall–Kier alpha value is -1.73. The van der Waals surface area contributed by atoms with Crippen molar-refractivity contribution in [2.75, 3.05) is 18.0 Å². The minimum Gasteiger partial charge on any atom is -0.426 e. The van der Waals surface area contributed by atoms with Crippen LogP contribution in [0, 0.1) is 11.7 Å². The lowest BCUT2D eigenvalue weighted by atomic mass is 9.92. The number of ether oxygens (including phenoxy) is 1. The van der Waals surface area contributed by atoms with Crippen molar-refractivity contribution in [2.45, 2.75) is 25.7 Å². The highest BCUT2D eigenvalue weighted by Crippen LogP contribution is 2.25. The quantitative estimate of drug-likeness (QED) is 0.499. The summed E-state index contributed by atoms with van der Waals surface area (Å²) in [5.41, 5.74) is 0. The number of esters is 1. The van der Waals surface area contributed by atoms with Gasteiger partial charge >= 0.3 is 5.97 Å². The fourth-order valence-electron chi connectivity index (χ4n) is 2.94. The summed E-state index contributed by atoms with van der Waals surface area (Å²) < 4.78 is 19.0. The van der Waals surface area contributed by atoms with Crippen molar-refractivity contribution < 1.29 is 13.9 Å². The van der Waals surface area contributed by atoms with Crippen LogP contribution < -0.4 is 9.64 Å². The van der Waals surface area contributed by atoms with Gasteiger partial charge in [0.1, 0.15) is 11.6 Å². The van der Waals surface area contributed by atoms with Crippen LogP contribution in [0.3, 0.4) is 0 Å². The second-order valence-electron chi connectivity index (χ2n) is 6.22. The third kappa shape index (κ3) is 5.14. The van der Waals surface area contributed by atoms with Crippen molar-refractivity contribution in [1.29, 1.82) is 0 Å². The first-order valence-corrected chi connectivity index (χ1v) is 9.56. The average molecular weight is 443 g/mol. The van der Waals surface area contributed by atoms with Gasteiger partial charge < -0.3 is 9.64 Å². The van der Waals surface area contributed by atoms with Crippen LogP contribution in [0.4, 0.5) is 10.3 Å². The van der Waals surface area contributed by atoms with Crippen molar-refractivity contribution >= 4 is 39.4 Å². The van der Waals surface area contributed by atoms with Crippen molar-refractivity contribution in [3.05, 3.63) is 45.9 Å². The van der Waals surface area contributed by atoms with Gasteiger partial charge in [0.2, 0.25) is 5.95 Å². The fourth-order valence-corrected chi connectivity index (χ4v) is 3.28. The van der Waals surface area contributed by atoms with E-state index in [1.165, 1.54) is 12.1 Å². The molecular formula is C18H18BrClFN3O2. The number of hydrogen-bond acceptors (Lipinski definition) is 5. The van der Waals surface area contributed by atoms with Crippen LogP contribution in [-0.4, -0.2) is 29.0 Å². The molecule has 0 bridgehead atoms. The molecule has 0 radical (unpaired) electrons. The Balaban J connectivity index is 1.42. The molecule has 3 rings (SSSR count). The molecule has 0 amide bonds. The highest BCUT2D eigenvalue weighted by molar-refractivity contribution is 9.10. The molecule has 5 nitrogen and oxygen atoms in total. The predicted molar refractivity (Wildman–Crippen MR) is 101 cm³/mol. The lowest BCUT2D eigenvalue weighted by Crippen LogP contribution is -2.35. The fraction of sp³-hybridized carbons (Fsp3) is 0.389. The van der Waals surface area contributed by atoms with Gasteiger partial charge in [-0.15, -0.1) is 0 Å². The van der Waals surface area contributed by atoms with E-state index >= 15 is 0 Å². The van der Waals surface area contributed by atoms with Crippen LogP contribution >= 0.6 is 27.5 Å². The molecule has 1 aliphatic rings. The topological polar surface area (TPSA) is 55.3 Å². The Morgan fingerprint density at radius 1 is 1.31 bits per heavy atom. The Kier molecular flexibility index (Phi) is 6.43. The van der Waals surface area contributed by atoms with Crippen molar-refractivity contribution in [2.24, 2.45) is 5.92 Å². The van der Waals surface area contributed by atoms with Gasteiger partial charge in [0.25, 0.3) is 0 Å². The lowest BCUT2D eigenvalue weighted by molar-refractivity contribution is -0.134. The Bertz CT molecular complexity index is 768. The van der Waals surface area contributed by atoms with Crippen LogP contribution in [0.1, 0.15) is 25.7 Å². The molecule has 0 spiro atoms. The number of carbonyl (C=O) groups is 1. The molecule has 26 heavy (non-hydrogen) atoms. The zero-order chi connectivity index (χ0) is 18.5. The molecule has 8 heteroatoms. The predicted octanol–water partition coefficient (Wildman–Crippen LogP) is 4.63. The molecule has 1 fully saturated rings. The molecule has 1 aliphatic heterocycles. The summed E-state index contributed by atoms with van der Waals surface area (Å²) in [7, 11) is 0. The zero-order valence-corrected chi connectivity index (χ0v) is 16.3. The molecule has 2 aromatic rings. The zero-order valence-electron chi connectivity index (χ0n) is 14.0. The number of nitrogens with zero attached hydrogens (tertiary/aromatic N) is 3. The number of piperidine rings is 1. The van der Waals surface area contributed by atoms with Crippen LogP contribution in [0.5, 0.6) is 5.75 Å². The molecule has 0 N–H and O–H groups in total. The number of halogens is 3. The molecule has 1 saturated heterocycles. The molecule has 1 aromatic carbocycles. The van der Waals surface area contributed by atoms with E-state index in [0.29, 0.717) is 27.8 Å². The van der Waals surface area contributed by atoms with E-state index in [1.807, 2.05) is 0 Å². The monoisotopic (exact) mass is 441 g/mol. The van der Waals surface area contributed by atoms with Gasteiger partial charge in [0, 0.05) is 25.6 Å².